The molecule has 0 heterocycles. The summed E-state index contributed by atoms with van der Waals surface area (Å²) in [5.41, 5.74) is 0.00658. The zero-order valence-electron chi connectivity index (χ0n) is 16.3. The quantitative estimate of drug-likeness (QED) is 0.533. The van der Waals surface area contributed by atoms with Crippen LogP contribution in [-0.2, 0) is 0 Å². The van der Waals surface area contributed by atoms with Crippen LogP contribution in [0.2, 0.25) is 0 Å². The Labute approximate surface area is 152 Å². The predicted octanol–water partition coefficient (Wildman–Crippen LogP) is 5.47. The summed E-state index contributed by atoms with van der Waals surface area (Å²) in [7, 11) is 0. The van der Waals surface area contributed by atoms with E-state index in [0.29, 0.717) is 11.8 Å². The summed E-state index contributed by atoms with van der Waals surface area (Å²) in [6.45, 7) is 10.6. The standard InChI is InChI=1S/C22H35NO2/c1-14(2)22(24)12-9-19-18-6-5-15-13-20(3,23-25)10-7-16(15)17(18)8-11-21(19,22)4/h15-19,24H,1,5-13H2,2-4H3/t15?,16?,17-,18?,19+,20-,21?,22+/m1/s1. The fourth-order valence-corrected chi connectivity index (χ4v) is 7.88. The SMILES string of the molecule is C=C(C)[C@@]1(O)CC[C@H]2C3CCC4C[C@](C)(N=O)CCC4[C@H]3CCC21C. The summed E-state index contributed by atoms with van der Waals surface area (Å²) in [4.78, 5) is 11.3. The molecule has 4 aliphatic rings. The first-order valence-corrected chi connectivity index (χ1v) is 10.5. The number of hydrogen-bond acceptors (Lipinski definition) is 3. The van der Waals surface area contributed by atoms with Crippen LogP contribution in [0.4, 0.5) is 0 Å². The molecule has 4 saturated carbocycles. The number of fused-ring (bicyclic) bond motifs is 5. The van der Waals surface area contributed by atoms with Gasteiger partial charge in [0.15, 0.2) is 0 Å². The van der Waals surface area contributed by atoms with Gasteiger partial charge < -0.3 is 5.11 Å². The van der Waals surface area contributed by atoms with Gasteiger partial charge in [0.1, 0.15) is 5.54 Å². The minimum absolute atomic E-state index is 0.0143. The van der Waals surface area contributed by atoms with Crippen molar-refractivity contribution in [3.63, 3.8) is 0 Å². The molecule has 1 N–H and O–H groups in total. The van der Waals surface area contributed by atoms with Crippen molar-refractivity contribution in [2.75, 3.05) is 0 Å². The minimum Gasteiger partial charge on any atom is -0.385 e. The third kappa shape index (κ3) is 2.33. The highest BCUT2D eigenvalue weighted by molar-refractivity contribution is 5.24. The second kappa shape index (κ2) is 5.65. The molecule has 8 atom stereocenters. The van der Waals surface area contributed by atoms with Gasteiger partial charge in [0, 0.05) is 5.41 Å². The minimum atomic E-state index is -0.661. The summed E-state index contributed by atoms with van der Waals surface area (Å²) in [5, 5.41) is 14.9. The molecule has 4 aliphatic carbocycles. The zero-order chi connectivity index (χ0) is 18.0. The van der Waals surface area contributed by atoms with Gasteiger partial charge in [-0.15, -0.1) is 0 Å². The van der Waals surface area contributed by atoms with Crippen LogP contribution in [0.15, 0.2) is 17.3 Å². The van der Waals surface area contributed by atoms with Crippen molar-refractivity contribution < 1.29 is 5.11 Å². The number of nitroso groups, excluding NO2 is 1. The van der Waals surface area contributed by atoms with Crippen LogP contribution in [0.3, 0.4) is 0 Å². The van der Waals surface area contributed by atoms with Gasteiger partial charge >= 0.3 is 0 Å². The molecule has 4 fully saturated rings. The highest BCUT2D eigenvalue weighted by Gasteiger charge is 2.63. The first-order chi connectivity index (χ1) is 11.7. The second-order valence-electron chi connectivity index (χ2n) is 10.4. The number of nitrogens with zero attached hydrogens (tertiary/aromatic N) is 1. The average Bonchev–Trinajstić information content (AvgIpc) is 2.87. The third-order valence-corrected chi connectivity index (χ3v) is 9.31. The van der Waals surface area contributed by atoms with Crippen molar-refractivity contribution in [2.24, 2.45) is 40.2 Å². The van der Waals surface area contributed by atoms with Crippen LogP contribution < -0.4 is 0 Å². The van der Waals surface area contributed by atoms with E-state index in [9.17, 15) is 10.0 Å². The van der Waals surface area contributed by atoms with Crippen LogP contribution in [0.1, 0.15) is 78.6 Å². The van der Waals surface area contributed by atoms with E-state index >= 15 is 0 Å². The number of aliphatic hydroxyl groups is 1. The highest BCUT2D eigenvalue weighted by atomic mass is 16.3. The molecule has 25 heavy (non-hydrogen) atoms. The maximum Gasteiger partial charge on any atom is 0.100 e. The van der Waals surface area contributed by atoms with Crippen molar-refractivity contribution in [3.8, 4) is 0 Å². The lowest BCUT2D eigenvalue weighted by Crippen LogP contribution is -2.54. The molecule has 140 valence electrons. The molecular weight excluding hydrogens is 310 g/mol. The lowest BCUT2D eigenvalue weighted by Gasteiger charge is -2.58. The van der Waals surface area contributed by atoms with E-state index in [1.54, 1.807) is 0 Å². The Balaban J connectivity index is 1.57. The molecule has 4 unspecified atom stereocenters. The van der Waals surface area contributed by atoms with Gasteiger partial charge in [-0.05, 0) is 107 Å². The fraction of sp³-hybridized carbons (Fsp3) is 0.909. The Hall–Kier alpha value is -0.700. The van der Waals surface area contributed by atoms with Crippen molar-refractivity contribution in [1.82, 2.24) is 0 Å². The van der Waals surface area contributed by atoms with E-state index in [-0.39, 0.29) is 11.0 Å². The van der Waals surface area contributed by atoms with Gasteiger partial charge in [0.05, 0.1) is 5.60 Å². The molecular formula is C22H35NO2. The fourth-order valence-electron chi connectivity index (χ4n) is 7.88. The molecule has 0 radical (unpaired) electrons. The molecule has 0 bridgehead atoms. The van der Waals surface area contributed by atoms with E-state index in [1.165, 1.54) is 25.7 Å². The van der Waals surface area contributed by atoms with E-state index in [0.717, 1.165) is 55.4 Å². The molecule has 0 aromatic carbocycles. The normalized spacial score (nSPS) is 55.0. The third-order valence-electron chi connectivity index (χ3n) is 9.31. The summed E-state index contributed by atoms with van der Waals surface area (Å²) in [6.07, 6.45) is 10.1. The van der Waals surface area contributed by atoms with Gasteiger partial charge in [-0.25, -0.2) is 0 Å². The zero-order valence-corrected chi connectivity index (χ0v) is 16.3. The Kier molecular flexibility index (Phi) is 4.00. The molecule has 0 aliphatic heterocycles. The van der Waals surface area contributed by atoms with Gasteiger partial charge in [-0.2, -0.15) is 4.91 Å². The molecule has 4 rings (SSSR count). The van der Waals surface area contributed by atoms with E-state index in [1.807, 2.05) is 6.92 Å². The smallest absolute Gasteiger partial charge is 0.100 e. The maximum absolute atomic E-state index is 11.4. The molecule has 0 aromatic rings. The van der Waals surface area contributed by atoms with Crippen molar-refractivity contribution in [2.45, 2.75) is 89.7 Å². The summed E-state index contributed by atoms with van der Waals surface area (Å²) in [6, 6.07) is 0. The summed E-state index contributed by atoms with van der Waals surface area (Å²) < 4.78 is 0. The average molecular weight is 346 g/mol. The number of rotatable bonds is 2. The monoisotopic (exact) mass is 345 g/mol. The Morgan fingerprint density at radius 2 is 1.72 bits per heavy atom. The lowest BCUT2D eigenvalue weighted by molar-refractivity contribution is -0.115. The highest BCUT2D eigenvalue weighted by Crippen LogP contribution is 2.66. The van der Waals surface area contributed by atoms with Crippen LogP contribution in [0.5, 0.6) is 0 Å². The Morgan fingerprint density at radius 1 is 1.00 bits per heavy atom. The topological polar surface area (TPSA) is 49.7 Å². The van der Waals surface area contributed by atoms with Gasteiger partial charge in [0.25, 0.3) is 0 Å². The largest absolute Gasteiger partial charge is 0.385 e. The molecule has 0 saturated heterocycles. The molecule has 0 aromatic heterocycles. The van der Waals surface area contributed by atoms with Gasteiger partial charge in [-0.1, -0.05) is 18.7 Å². The lowest BCUT2D eigenvalue weighted by atomic mass is 9.48. The second-order valence-corrected chi connectivity index (χ2v) is 10.4. The van der Waals surface area contributed by atoms with E-state index < -0.39 is 5.60 Å². The van der Waals surface area contributed by atoms with Crippen molar-refractivity contribution >= 4 is 0 Å². The van der Waals surface area contributed by atoms with E-state index in [2.05, 4.69) is 25.6 Å². The van der Waals surface area contributed by atoms with Crippen LogP contribution in [0, 0.1) is 39.9 Å². The first-order valence-electron chi connectivity index (χ1n) is 10.5. The van der Waals surface area contributed by atoms with Crippen LogP contribution in [-0.4, -0.2) is 16.2 Å². The molecule has 0 amide bonds. The summed E-state index contributed by atoms with van der Waals surface area (Å²) in [5.74, 6) is 3.70. The van der Waals surface area contributed by atoms with Crippen LogP contribution in [0.25, 0.3) is 0 Å². The Bertz CT molecular complexity index is 589. The predicted molar refractivity (Wildman–Crippen MR) is 101 cm³/mol. The maximum atomic E-state index is 11.4. The van der Waals surface area contributed by atoms with Crippen molar-refractivity contribution in [1.29, 1.82) is 0 Å². The van der Waals surface area contributed by atoms with E-state index in [4.69, 9.17) is 0 Å². The molecule has 0 spiro atoms. The number of hydrogen-bond donors (Lipinski definition) is 1. The molecule has 3 heteroatoms. The van der Waals surface area contributed by atoms with Gasteiger partial charge in [0.2, 0.25) is 0 Å². The molecule has 3 nitrogen and oxygen atoms in total. The Morgan fingerprint density at radius 3 is 2.40 bits per heavy atom. The first kappa shape index (κ1) is 17.7. The van der Waals surface area contributed by atoms with Gasteiger partial charge in [-0.3, -0.25) is 0 Å². The summed E-state index contributed by atoms with van der Waals surface area (Å²) >= 11 is 0. The van der Waals surface area contributed by atoms with Crippen molar-refractivity contribution in [3.05, 3.63) is 17.1 Å². The van der Waals surface area contributed by atoms with Crippen LogP contribution >= 0.6 is 0 Å².